The maximum Gasteiger partial charge on any atom is 0.317 e. The summed E-state index contributed by atoms with van der Waals surface area (Å²) >= 11 is 0. The van der Waals surface area contributed by atoms with E-state index in [1.807, 2.05) is 6.07 Å². The van der Waals surface area contributed by atoms with E-state index in [9.17, 15) is 0 Å². The van der Waals surface area contributed by atoms with E-state index in [4.69, 9.17) is 14.7 Å². The highest BCUT2D eigenvalue weighted by Crippen LogP contribution is 2.01. The second-order valence-corrected chi connectivity index (χ2v) is 3.65. The summed E-state index contributed by atoms with van der Waals surface area (Å²) in [5, 5.41) is 8.61. The average Bonchev–Trinajstić information content (AvgIpc) is 2.28. The van der Waals surface area contributed by atoms with Gasteiger partial charge in [-0.2, -0.15) is 10.2 Å². The molecule has 1 aromatic heterocycles. The lowest BCUT2D eigenvalue weighted by Crippen LogP contribution is -2.11. The van der Waals surface area contributed by atoms with Gasteiger partial charge < -0.3 is 9.47 Å². The second-order valence-electron chi connectivity index (χ2n) is 3.65. The minimum atomic E-state index is 0.215. The minimum absolute atomic E-state index is 0.215. The fourth-order valence-electron chi connectivity index (χ4n) is 0.984. The van der Waals surface area contributed by atoms with E-state index in [0.717, 1.165) is 0 Å². The fourth-order valence-corrected chi connectivity index (χ4v) is 0.984. The summed E-state index contributed by atoms with van der Waals surface area (Å²) in [5.74, 6) is 0.512. The maximum absolute atomic E-state index is 8.61. The summed E-state index contributed by atoms with van der Waals surface area (Å²) in [6, 6.07) is 3.67. The number of nitrogens with zero attached hydrogens (tertiary/aromatic N) is 3. The van der Waals surface area contributed by atoms with Crippen molar-refractivity contribution in [2.75, 3.05) is 19.8 Å². The van der Waals surface area contributed by atoms with Gasteiger partial charge in [0.2, 0.25) is 0 Å². The topological polar surface area (TPSA) is 68.0 Å². The van der Waals surface area contributed by atoms with Crippen LogP contribution in [0.3, 0.4) is 0 Å². The van der Waals surface area contributed by atoms with Crippen LogP contribution in [0, 0.1) is 17.2 Å². The first-order valence-electron chi connectivity index (χ1n) is 5.16. The van der Waals surface area contributed by atoms with Crippen LogP contribution in [0.1, 0.15) is 19.5 Å². The number of nitriles is 1. The van der Waals surface area contributed by atoms with Gasteiger partial charge in [-0.15, -0.1) is 0 Å². The van der Waals surface area contributed by atoms with E-state index in [1.165, 1.54) is 12.3 Å². The smallest absolute Gasteiger partial charge is 0.317 e. The van der Waals surface area contributed by atoms with Crippen molar-refractivity contribution >= 4 is 0 Å². The predicted molar refractivity (Wildman–Crippen MR) is 57.9 cm³/mol. The molecule has 0 aromatic carbocycles. The molecule has 1 aromatic rings. The highest BCUT2D eigenvalue weighted by Gasteiger charge is 1.99. The number of aromatic nitrogens is 2. The quantitative estimate of drug-likeness (QED) is 0.679. The first-order chi connectivity index (χ1) is 7.72. The highest BCUT2D eigenvalue weighted by molar-refractivity contribution is 5.19. The minimum Gasteiger partial charge on any atom is -0.461 e. The number of hydrogen-bond donors (Lipinski definition) is 0. The van der Waals surface area contributed by atoms with E-state index < -0.39 is 0 Å². The molecule has 0 radical (unpaired) electrons. The lowest BCUT2D eigenvalue weighted by molar-refractivity contribution is 0.0791. The molecule has 0 N–H and O–H groups in total. The van der Waals surface area contributed by atoms with Gasteiger partial charge in [-0.3, -0.25) is 0 Å². The standard InChI is InChI=1S/C11H15N3O2/c1-9(2)8-15-5-6-16-11-13-4-3-10(7-12)14-11/h3-4,9H,5-6,8H2,1-2H3. The van der Waals surface area contributed by atoms with E-state index >= 15 is 0 Å². The molecule has 1 rings (SSSR count). The third-order valence-electron chi connectivity index (χ3n) is 1.66. The highest BCUT2D eigenvalue weighted by atomic mass is 16.5. The Morgan fingerprint density at radius 1 is 1.44 bits per heavy atom. The molecule has 0 aliphatic heterocycles. The molecule has 86 valence electrons. The van der Waals surface area contributed by atoms with E-state index in [2.05, 4.69) is 23.8 Å². The Labute approximate surface area is 95.0 Å². The van der Waals surface area contributed by atoms with Crippen molar-refractivity contribution in [1.29, 1.82) is 5.26 Å². The van der Waals surface area contributed by atoms with Gasteiger partial charge in [0.25, 0.3) is 0 Å². The monoisotopic (exact) mass is 221 g/mol. The van der Waals surface area contributed by atoms with Crippen molar-refractivity contribution < 1.29 is 9.47 Å². The van der Waals surface area contributed by atoms with Gasteiger partial charge in [-0.05, 0) is 12.0 Å². The molecule has 0 saturated carbocycles. The molecule has 1 heterocycles. The van der Waals surface area contributed by atoms with Crippen LogP contribution in [0.4, 0.5) is 0 Å². The fraction of sp³-hybridized carbons (Fsp3) is 0.545. The summed E-state index contributed by atoms with van der Waals surface area (Å²) in [5.41, 5.74) is 0.299. The normalized spacial score (nSPS) is 10.1. The molecule has 0 saturated heterocycles. The lowest BCUT2D eigenvalue weighted by Gasteiger charge is -2.07. The van der Waals surface area contributed by atoms with Crippen LogP contribution in [-0.4, -0.2) is 29.8 Å². The molecule has 0 spiro atoms. The largest absolute Gasteiger partial charge is 0.461 e. The van der Waals surface area contributed by atoms with Crippen molar-refractivity contribution in [2.45, 2.75) is 13.8 Å². The zero-order valence-electron chi connectivity index (χ0n) is 9.51. The molecule has 0 bridgehead atoms. The molecule has 16 heavy (non-hydrogen) atoms. The van der Waals surface area contributed by atoms with Crippen LogP contribution in [0.2, 0.25) is 0 Å². The Morgan fingerprint density at radius 2 is 2.25 bits per heavy atom. The van der Waals surface area contributed by atoms with Crippen LogP contribution in [0.15, 0.2) is 12.3 Å². The van der Waals surface area contributed by atoms with Crippen LogP contribution >= 0.6 is 0 Å². The molecule has 0 aliphatic rings. The molecule has 0 atom stereocenters. The SMILES string of the molecule is CC(C)COCCOc1nccc(C#N)n1. The van der Waals surface area contributed by atoms with Gasteiger partial charge in [-0.25, -0.2) is 4.98 Å². The molecule has 5 heteroatoms. The molecule has 5 nitrogen and oxygen atoms in total. The van der Waals surface area contributed by atoms with Gasteiger partial charge in [0.15, 0.2) is 0 Å². The summed E-state index contributed by atoms with van der Waals surface area (Å²) in [7, 11) is 0. The average molecular weight is 221 g/mol. The first-order valence-corrected chi connectivity index (χ1v) is 5.16. The predicted octanol–water partition coefficient (Wildman–Crippen LogP) is 1.40. The maximum atomic E-state index is 8.61. The van der Waals surface area contributed by atoms with Gasteiger partial charge in [-0.1, -0.05) is 13.8 Å². The zero-order chi connectivity index (χ0) is 11.8. The summed E-state index contributed by atoms with van der Waals surface area (Å²) < 4.78 is 10.6. The number of rotatable bonds is 6. The second kappa shape index (κ2) is 6.75. The summed E-state index contributed by atoms with van der Waals surface area (Å²) in [4.78, 5) is 7.75. The molecule has 0 unspecified atom stereocenters. The van der Waals surface area contributed by atoms with Crippen molar-refractivity contribution in [2.24, 2.45) is 5.92 Å². The van der Waals surface area contributed by atoms with Gasteiger partial charge in [0.1, 0.15) is 18.4 Å². The lowest BCUT2D eigenvalue weighted by atomic mass is 10.2. The number of ether oxygens (including phenoxy) is 2. The Bertz CT molecular complexity index is 360. The Balaban J connectivity index is 2.24. The van der Waals surface area contributed by atoms with Crippen molar-refractivity contribution in [3.05, 3.63) is 18.0 Å². The Hall–Kier alpha value is -1.67. The van der Waals surface area contributed by atoms with Crippen LogP contribution < -0.4 is 4.74 Å². The molecule has 0 fully saturated rings. The summed E-state index contributed by atoms with van der Waals surface area (Å²) in [6.07, 6.45) is 1.50. The van der Waals surface area contributed by atoms with Crippen LogP contribution in [-0.2, 0) is 4.74 Å². The van der Waals surface area contributed by atoms with Crippen LogP contribution in [0.5, 0.6) is 6.01 Å². The van der Waals surface area contributed by atoms with E-state index in [1.54, 1.807) is 0 Å². The van der Waals surface area contributed by atoms with E-state index in [-0.39, 0.29) is 6.01 Å². The van der Waals surface area contributed by atoms with Gasteiger partial charge >= 0.3 is 6.01 Å². The molecule has 0 amide bonds. The Morgan fingerprint density at radius 3 is 2.94 bits per heavy atom. The van der Waals surface area contributed by atoms with Crippen molar-refractivity contribution in [3.8, 4) is 12.1 Å². The molecule has 0 aliphatic carbocycles. The molecular weight excluding hydrogens is 206 g/mol. The van der Waals surface area contributed by atoms with Crippen LogP contribution in [0.25, 0.3) is 0 Å². The molecular formula is C11H15N3O2. The van der Waals surface area contributed by atoms with Crippen molar-refractivity contribution in [1.82, 2.24) is 9.97 Å². The first kappa shape index (κ1) is 12.4. The number of hydrogen-bond acceptors (Lipinski definition) is 5. The van der Waals surface area contributed by atoms with E-state index in [0.29, 0.717) is 31.4 Å². The van der Waals surface area contributed by atoms with Gasteiger partial charge in [0.05, 0.1) is 6.61 Å². The third kappa shape index (κ3) is 4.71. The zero-order valence-corrected chi connectivity index (χ0v) is 9.51. The van der Waals surface area contributed by atoms with Gasteiger partial charge in [0, 0.05) is 12.8 Å². The van der Waals surface area contributed by atoms with Crippen molar-refractivity contribution in [3.63, 3.8) is 0 Å². The summed E-state index contributed by atoms with van der Waals surface area (Å²) in [6.45, 7) is 5.77. The Kier molecular flexibility index (Phi) is 5.23. The third-order valence-corrected chi connectivity index (χ3v) is 1.66.